The zero-order chi connectivity index (χ0) is 11.3. The van der Waals surface area contributed by atoms with Gasteiger partial charge in [-0.15, -0.1) is 12.4 Å². The average Bonchev–Trinajstić information content (AvgIpc) is 3.00. The van der Waals surface area contributed by atoms with Crippen LogP contribution < -0.4 is 10.6 Å². The van der Waals surface area contributed by atoms with Gasteiger partial charge in [0.2, 0.25) is 5.91 Å². The number of hydrogen-bond acceptors (Lipinski definition) is 4. The zero-order valence-electron chi connectivity index (χ0n) is 9.73. The number of hydrogen-bond donors (Lipinski definition) is 3. The summed E-state index contributed by atoms with van der Waals surface area (Å²) >= 11 is 1.57. The first-order chi connectivity index (χ1) is 7.17. The predicted octanol–water partition coefficient (Wildman–Crippen LogP) is 0.389. The Morgan fingerprint density at radius 2 is 2.19 bits per heavy atom. The minimum atomic E-state index is 0. The Bertz CT molecular complexity index is 211. The van der Waals surface area contributed by atoms with Crippen LogP contribution in [0, 0.1) is 0 Å². The molecule has 96 valence electrons. The van der Waals surface area contributed by atoms with Gasteiger partial charge >= 0.3 is 0 Å². The molecule has 0 aromatic rings. The van der Waals surface area contributed by atoms with E-state index in [1.165, 1.54) is 12.8 Å². The highest BCUT2D eigenvalue weighted by molar-refractivity contribution is 7.99. The Hall–Kier alpha value is 0.0300. The third-order valence-electron chi connectivity index (χ3n) is 2.56. The van der Waals surface area contributed by atoms with Gasteiger partial charge in [-0.25, -0.2) is 0 Å². The minimum Gasteiger partial charge on any atom is -0.395 e. The second kappa shape index (κ2) is 8.17. The van der Waals surface area contributed by atoms with Crippen LogP contribution in [0.1, 0.15) is 19.8 Å². The number of amides is 1. The quantitative estimate of drug-likeness (QED) is 0.625. The molecular weight excluding hydrogens is 248 g/mol. The van der Waals surface area contributed by atoms with Crippen molar-refractivity contribution in [2.24, 2.45) is 0 Å². The average molecular weight is 269 g/mol. The summed E-state index contributed by atoms with van der Waals surface area (Å²) < 4.78 is 0. The molecule has 1 aliphatic rings. The molecule has 1 fully saturated rings. The highest BCUT2D eigenvalue weighted by atomic mass is 35.5. The van der Waals surface area contributed by atoms with Crippen LogP contribution in [0.2, 0.25) is 0 Å². The fourth-order valence-corrected chi connectivity index (χ4v) is 1.98. The molecule has 1 saturated carbocycles. The van der Waals surface area contributed by atoms with Crippen molar-refractivity contribution in [1.29, 1.82) is 0 Å². The van der Waals surface area contributed by atoms with Crippen molar-refractivity contribution in [2.45, 2.75) is 37.1 Å². The Labute approximate surface area is 107 Å². The molecule has 3 N–H and O–H groups in total. The number of halogens is 1. The van der Waals surface area contributed by atoms with Crippen LogP contribution in [0.3, 0.4) is 0 Å². The first-order valence-corrected chi connectivity index (χ1v) is 6.62. The Morgan fingerprint density at radius 3 is 2.62 bits per heavy atom. The molecule has 0 spiro atoms. The van der Waals surface area contributed by atoms with Crippen molar-refractivity contribution >= 4 is 30.1 Å². The van der Waals surface area contributed by atoms with E-state index >= 15 is 0 Å². The van der Waals surface area contributed by atoms with Gasteiger partial charge in [0.25, 0.3) is 0 Å². The summed E-state index contributed by atoms with van der Waals surface area (Å²) in [6.07, 6.45) is 4.31. The SMILES string of the molecule is CSC(CO)C(C)NC(=O)CNC1CC1.Cl. The van der Waals surface area contributed by atoms with Gasteiger partial charge in [-0.05, 0) is 26.0 Å². The molecule has 0 radical (unpaired) electrons. The van der Waals surface area contributed by atoms with Crippen LogP contribution >= 0.6 is 24.2 Å². The van der Waals surface area contributed by atoms with E-state index in [0.29, 0.717) is 12.6 Å². The second-order valence-electron chi connectivity index (χ2n) is 3.97. The van der Waals surface area contributed by atoms with Gasteiger partial charge in [-0.3, -0.25) is 4.79 Å². The largest absolute Gasteiger partial charge is 0.395 e. The van der Waals surface area contributed by atoms with Crippen LogP contribution in [-0.4, -0.2) is 47.8 Å². The summed E-state index contributed by atoms with van der Waals surface area (Å²) in [6, 6.07) is 0.568. The maximum absolute atomic E-state index is 11.5. The maximum atomic E-state index is 11.5. The topological polar surface area (TPSA) is 61.4 Å². The van der Waals surface area contributed by atoms with Crippen LogP contribution in [0.5, 0.6) is 0 Å². The second-order valence-corrected chi connectivity index (χ2v) is 5.04. The molecule has 0 saturated heterocycles. The van der Waals surface area contributed by atoms with Gasteiger partial charge < -0.3 is 15.7 Å². The molecule has 1 aliphatic carbocycles. The molecule has 0 bridgehead atoms. The lowest BCUT2D eigenvalue weighted by Gasteiger charge is -2.21. The molecule has 0 aliphatic heterocycles. The zero-order valence-corrected chi connectivity index (χ0v) is 11.4. The summed E-state index contributed by atoms with van der Waals surface area (Å²) in [6.45, 7) is 2.41. The summed E-state index contributed by atoms with van der Waals surface area (Å²) in [5, 5.41) is 15.2. The van der Waals surface area contributed by atoms with E-state index in [0.717, 1.165) is 0 Å². The molecule has 0 aromatic carbocycles. The number of carbonyl (C=O) groups excluding carboxylic acids is 1. The Kier molecular flexibility index (Phi) is 8.18. The first kappa shape index (κ1) is 16.0. The first-order valence-electron chi connectivity index (χ1n) is 5.33. The number of thioether (sulfide) groups is 1. The van der Waals surface area contributed by atoms with E-state index in [1.54, 1.807) is 11.8 Å². The van der Waals surface area contributed by atoms with E-state index in [2.05, 4.69) is 10.6 Å². The van der Waals surface area contributed by atoms with E-state index in [1.807, 2.05) is 13.2 Å². The summed E-state index contributed by atoms with van der Waals surface area (Å²) in [7, 11) is 0. The molecule has 6 heteroatoms. The molecule has 2 atom stereocenters. The van der Waals surface area contributed by atoms with E-state index < -0.39 is 0 Å². The maximum Gasteiger partial charge on any atom is 0.234 e. The van der Waals surface area contributed by atoms with Crippen molar-refractivity contribution in [1.82, 2.24) is 10.6 Å². The number of nitrogens with one attached hydrogen (secondary N) is 2. The molecule has 1 rings (SSSR count). The van der Waals surface area contributed by atoms with Gasteiger partial charge in [0.05, 0.1) is 13.2 Å². The van der Waals surface area contributed by atoms with Crippen molar-refractivity contribution in [3.05, 3.63) is 0 Å². The molecule has 16 heavy (non-hydrogen) atoms. The highest BCUT2D eigenvalue weighted by Gasteiger charge is 2.22. The molecule has 0 aromatic heterocycles. The van der Waals surface area contributed by atoms with Gasteiger partial charge in [-0.2, -0.15) is 11.8 Å². The lowest BCUT2D eigenvalue weighted by atomic mass is 10.2. The highest BCUT2D eigenvalue weighted by Crippen LogP contribution is 2.18. The van der Waals surface area contributed by atoms with E-state index in [-0.39, 0.29) is 36.2 Å². The Morgan fingerprint density at radius 1 is 1.56 bits per heavy atom. The third kappa shape index (κ3) is 5.94. The van der Waals surface area contributed by atoms with Crippen LogP contribution in [-0.2, 0) is 4.79 Å². The minimum absolute atomic E-state index is 0. The summed E-state index contributed by atoms with van der Waals surface area (Å²) in [5.74, 6) is 0.0156. The predicted molar refractivity (Wildman–Crippen MR) is 70.3 cm³/mol. The van der Waals surface area contributed by atoms with E-state index in [4.69, 9.17) is 5.11 Å². The molecule has 0 heterocycles. The third-order valence-corrected chi connectivity index (χ3v) is 3.72. The van der Waals surface area contributed by atoms with Crippen molar-refractivity contribution < 1.29 is 9.90 Å². The summed E-state index contributed by atoms with van der Waals surface area (Å²) in [4.78, 5) is 11.5. The van der Waals surface area contributed by atoms with Crippen LogP contribution in [0.4, 0.5) is 0 Å². The molecule has 4 nitrogen and oxygen atoms in total. The number of aliphatic hydroxyl groups is 1. The smallest absolute Gasteiger partial charge is 0.234 e. The summed E-state index contributed by atoms with van der Waals surface area (Å²) in [5.41, 5.74) is 0. The fourth-order valence-electron chi connectivity index (χ4n) is 1.36. The lowest BCUT2D eigenvalue weighted by molar-refractivity contribution is -0.120. The number of aliphatic hydroxyl groups excluding tert-OH is 1. The van der Waals surface area contributed by atoms with Gasteiger partial charge in [0.15, 0.2) is 0 Å². The molecular formula is C10H21ClN2O2S. The van der Waals surface area contributed by atoms with Crippen molar-refractivity contribution in [3.8, 4) is 0 Å². The molecule has 1 amide bonds. The van der Waals surface area contributed by atoms with Crippen molar-refractivity contribution in [2.75, 3.05) is 19.4 Å². The van der Waals surface area contributed by atoms with Crippen LogP contribution in [0.15, 0.2) is 0 Å². The van der Waals surface area contributed by atoms with Crippen molar-refractivity contribution in [3.63, 3.8) is 0 Å². The molecule has 2 unspecified atom stereocenters. The number of carbonyl (C=O) groups is 1. The van der Waals surface area contributed by atoms with Gasteiger partial charge in [-0.1, -0.05) is 0 Å². The van der Waals surface area contributed by atoms with Gasteiger partial charge in [0.1, 0.15) is 0 Å². The standard InChI is InChI=1S/C10H20N2O2S.ClH/c1-7(9(6-13)15-2)12-10(14)5-11-8-3-4-8;/h7-9,11,13H,3-6H2,1-2H3,(H,12,14);1H. The Balaban J connectivity index is 0.00000225. The monoisotopic (exact) mass is 268 g/mol. The van der Waals surface area contributed by atoms with E-state index in [9.17, 15) is 4.79 Å². The normalized spacial score (nSPS) is 18.4. The van der Waals surface area contributed by atoms with Crippen LogP contribution in [0.25, 0.3) is 0 Å². The number of rotatable bonds is 7. The lowest BCUT2D eigenvalue weighted by Crippen LogP contribution is -2.45. The fraction of sp³-hybridized carbons (Fsp3) is 0.900. The van der Waals surface area contributed by atoms with Gasteiger partial charge in [0, 0.05) is 17.3 Å².